The fourth-order valence-electron chi connectivity index (χ4n) is 2.08. The molecule has 0 bridgehead atoms. The van der Waals surface area contributed by atoms with E-state index in [4.69, 9.17) is 10.5 Å². The van der Waals surface area contributed by atoms with Gasteiger partial charge in [0.25, 0.3) is 0 Å². The molecule has 2 heterocycles. The van der Waals surface area contributed by atoms with E-state index in [1.807, 2.05) is 24.3 Å². The van der Waals surface area contributed by atoms with E-state index in [-0.39, 0.29) is 17.9 Å². The molecule has 3 N–H and O–H groups in total. The Hall–Kier alpha value is -2.37. The summed E-state index contributed by atoms with van der Waals surface area (Å²) < 4.78 is 19.2. The highest BCUT2D eigenvalue weighted by Gasteiger charge is 2.22. The monoisotopic (exact) mass is 260 g/mol. The number of hydrogen-bond acceptors (Lipinski definition) is 5. The molecule has 0 spiro atoms. The molecule has 1 aliphatic heterocycles. The molecule has 1 aliphatic rings. The first-order chi connectivity index (χ1) is 9.22. The van der Waals surface area contributed by atoms with Gasteiger partial charge in [-0.1, -0.05) is 18.2 Å². The highest BCUT2D eigenvalue weighted by Crippen LogP contribution is 2.28. The second-order valence-electron chi connectivity index (χ2n) is 4.36. The van der Waals surface area contributed by atoms with Gasteiger partial charge in [0, 0.05) is 6.42 Å². The van der Waals surface area contributed by atoms with Crippen molar-refractivity contribution in [2.75, 3.05) is 17.6 Å². The molecule has 3 rings (SSSR count). The SMILES string of the molecule is Nc1ncc(F)c(NCC2Cc3ccccc3O2)n1. The Morgan fingerprint density at radius 3 is 3.11 bits per heavy atom. The number of para-hydroxylation sites is 1. The van der Waals surface area contributed by atoms with Crippen molar-refractivity contribution in [3.05, 3.63) is 41.8 Å². The van der Waals surface area contributed by atoms with Crippen molar-refractivity contribution in [1.29, 1.82) is 0 Å². The number of benzene rings is 1. The van der Waals surface area contributed by atoms with E-state index in [2.05, 4.69) is 15.3 Å². The van der Waals surface area contributed by atoms with Crippen molar-refractivity contribution in [3.8, 4) is 5.75 Å². The van der Waals surface area contributed by atoms with Crippen LogP contribution in [0.4, 0.5) is 16.2 Å². The zero-order valence-electron chi connectivity index (χ0n) is 10.1. The van der Waals surface area contributed by atoms with Crippen LogP contribution in [-0.4, -0.2) is 22.6 Å². The van der Waals surface area contributed by atoms with Crippen molar-refractivity contribution in [2.24, 2.45) is 0 Å². The van der Waals surface area contributed by atoms with E-state index in [1.165, 1.54) is 0 Å². The summed E-state index contributed by atoms with van der Waals surface area (Å²) >= 11 is 0. The molecule has 0 saturated carbocycles. The molecular formula is C13H13FN4O. The Morgan fingerprint density at radius 2 is 2.26 bits per heavy atom. The second-order valence-corrected chi connectivity index (χ2v) is 4.36. The van der Waals surface area contributed by atoms with Crippen LogP contribution in [0.15, 0.2) is 30.5 Å². The fourth-order valence-corrected chi connectivity index (χ4v) is 2.08. The average Bonchev–Trinajstić information content (AvgIpc) is 2.82. The van der Waals surface area contributed by atoms with Crippen LogP contribution in [0, 0.1) is 5.82 Å². The predicted octanol–water partition coefficient (Wildman–Crippen LogP) is 1.61. The molecule has 0 amide bonds. The van der Waals surface area contributed by atoms with Crippen LogP contribution in [0.5, 0.6) is 5.75 Å². The van der Waals surface area contributed by atoms with Gasteiger partial charge in [-0.05, 0) is 11.6 Å². The number of ether oxygens (including phenoxy) is 1. The van der Waals surface area contributed by atoms with Crippen LogP contribution in [0.25, 0.3) is 0 Å². The van der Waals surface area contributed by atoms with Gasteiger partial charge in [-0.2, -0.15) is 4.98 Å². The van der Waals surface area contributed by atoms with Gasteiger partial charge in [0.05, 0.1) is 12.7 Å². The van der Waals surface area contributed by atoms with Crippen molar-refractivity contribution in [2.45, 2.75) is 12.5 Å². The molecule has 98 valence electrons. The number of anilines is 2. The number of rotatable bonds is 3. The Labute approximate surface area is 109 Å². The average molecular weight is 260 g/mol. The van der Waals surface area contributed by atoms with Crippen LogP contribution >= 0.6 is 0 Å². The van der Waals surface area contributed by atoms with E-state index in [0.29, 0.717) is 6.54 Å². The third-order valence-electron chi connectivity index (χ3n) is 2.97. The topological polar surface area (TPSA) is 73.1 Å². The number of hydrogen-bond donors (Lipinski definition) is 2. The fraction of sp³-hybridized carbons (Fsp3) is 0.231. The second kappa shape index (κ2) is 4.72. The molecule has 0 saturated heterocycles. The standard InChI is InChI=1S/C13H13FN4O/c14-10-7-17-13(15)18-12(10)16-6-9-5-8-3-1-2-4-11(8)19-9/h1-4,7,9H,5-6H2,(H3,15,16,17,18). The van der Waals surface area contributed by atoms with Gasteiger partial charge in [0.2, 0.25) is 5.95 Å². The zero-order valence-corrected chi connectivity index (χ0v) is 10.1. The van der Waals surface area contributed by atoms with Crippen molar-refractivity contribution < 1.29 is 9.13 Å². The molecule has 19 heavy (non-hydrogen) atoms. The first-order valence-corrected chi connectivity index (χ1v) is 5.99. The van der Waals surface area contributed by atoms with Crippen LogP contribution in [0.2, 0.25) is 0 Å². The largest absolute Gasteiger partial charge is 0.488 e. The normalized spacial score (nSPS) is 16.8. The Balaban J connectivity index is 1.64. The van der Waals surface area contributed by atoms with Crippen LogP contribution < -0.4 is 15.8 Å². The number of nitrogen functional groups attached to an aromatic ring is 1. The summed E-state index contributed by atoms with van der Waals surface area (Å²) in [4.78, 5) is 7.38. The summed E-state index contributed by atoms with van der Waals surface area (Å²) in [5, 5.41) is 2.90. The van der Waals surface area contributed by atoms with Gasteiger partial charge in [-0.25, -0.2) is 9.37 Å². The number of nitrogens with one attached hydrogen (secondary N) is 1. The van der Waals surface area contributed by atoms with Gasteiger partial charge >= 0.3 is 0 Å². The summed E-state index contributed by atoms with van der Waals surface area (Å²) in [6.07, 6.45) is 1.81. The summed E-state index contributed by atoms with van der Waals surface area (Å²) in [5.74, 6) is 0.508. The van der Waals surface area contributed by atoms with Crippen molar-refractivity contribution in [1.82, 2.24) is 9.97 Å². The van der Waals surface area contributed by atoms with Gasteiger partial charge in [-0.15, -0.1) is 0 Å². The molecular weight excluding hydrogens is 247 g/mol. The number of nitrogens with zero attached hydrogens (tertiary/aromatic N) is 2. The van der Waals surface area contributed by atoms with E-state index in [1.54, 1.807) is 0 Å². The molecule has 0 fully saturated rings. The van der Waals surface area contributed by atoms with Crippen LogP contribution in [0.3, 0.4) is 0 Å². The lowest BCUT2D eigenvalue weighted by molar-refractivity contribution is 0.246. The van der Waals surface area contributed by atoms with Crippen molar-refractivity contribution >= 4 is 11.8 Å². The minimum absolute atomic E-state index is 0.0343. The Bertz CT molecular complexity index is 580. The Morgan fingerprint density at radius 1 is 1.42 bits per heavy atom. The molecule has 2 aromatic rings. The quantitative estimate of drug-likeness (QED) is 0.877. The maximum Gasteiger partial charge on any atom is 0.222 e. The summed E-state index contributed by atoms with van der Waals surface area (Å²) in [6.45, 7) is 0.460. The molecule has 1 aromatic heterocycles. The summed E-state index contributed by atoms with van der Waals surface area (Å²) in [6, 6.07) is 7.86. The molecule has 0 aliphatic carbocycles. The molecule has 0 radical (unpaired) electrons. The van der Waals surface area contributed by atoms with Gasteiger partial charge < -0.3 is 15.8 Å². The maximum absolute atomic E-state index is 13.4. The summed E-state index contributed by atoms with van der Waals surface area (Å²) in [7, 11) is 0. The van der Waals surface area contributed by atoms with Crippen LogP contribution in [0.1, 0.15) is 5.56 Å². The van der Waals surface area contributed by atoms with Crippen LogP contribution in [-0.2, 0) is 6.42 Å². The van der Waals surface area contributed by atoms with Crippen molar-refractivity contribution in [3.63, 3.8) is 0 Å². The number of aromatic nitrogens is 2. The minimum atomic E-state index is -0.523. The maximum atomic E-state index is 13.4. The molecule has 1 unspecified atom stereocenters. The van der Waals surface area contributed by atoms with Gasteiger partial charge in [-0.3, -0.25) is 0 Å². The highest BCUT2D eigenvalue weighted by atomic mass is 19.1. The van der Waals surface area contributed by atoms with E-state index >= 15 is 0 Å². The number of nitrogens with two attached hydrogens (primary N) is 1. The molecule has 5 nitrogen and oxygen atoms in total. The Kier molecular flexibility index (Phi) is 2.91. The lowest BCUT2D eigenvalue weighted by atomic mass is 10.1. The zero-order chi connectivity index (χ0) is 13.2. The molecule has 1 atom stereocenters. The third-order valence-corrected chi connectivity index (χ3v) is 2.97. The lowest BCUT2D eigenvalue weighted by Gasteiger charge is -2.12. The van der Waals surface area contributed by atoms with E-state index < -0.39 is 5.82 Å². The first kappa shape index (κ1) is 11.7. The lowest BCUT2D eigenvalue weighted by Crippen LogP contribution is -2.25. The number of halogens is 1. The molecule has 6 heteroatoms. The summed E-state index contributed by atoms with van der Waals surface area (Å²) in [5.41, 5.74) is 6.58. The number of fused-ring (bicyclic) bond motifs is 1. The first-order valence-electron chi connectivity index (χ1n) is 5.99. The van der Waals surface area contributed by atoms with E-state index in [9.17, 15) is 4.39 Å². The van der Waals surface area contributed by atoms with Gasteiger partial charge in [0.1, 0.15) is 11.9 Å². The van der Waals surface area contributed by atoms with Gasteiger partial charge in [0.15, 0.2) is 11.6 Å². The highest BCUT2D eigenvalue weighted by molar-refractivity contribution is 5.41. The third kappa shape index (κ3) is 2.42. The predicted molar refractivity (Wildman–Crippen MR) is 69.5 cm³/mol. The smallest absolute Gasteiger partial charge is 0.222 e. The van der Waals surface area contributed by atoms with E-state index in [0.717, 1.165) is 23.9 Å². The molecule has 1 aromatic carbocycles. The minimum Gasteiger partial charge on any atom is -0.488 e.